The Balaban J connectivity index is 2.08. The smallest absolute Gasteiger partial charge is 0.376 e. The number of carboxylic acids is 1. The van der Waals surface area contributed by atoms with Gasteiger partial charge in [-0.1, -0.05) is 0 Å². The summed E-state index contributed by atoms with van der Waals surface area (Å²) in [5, 5.41) is 21.9. The van der Waals surface area contributed by atoms with Crippen LogP contribution < -0.4 is 11.1 Å². The van der Waals surface area contributed by atoms with Crippen molar-refractivity contribution in [2.75, 3.05) is 25.0 Å². The fourth-order valence-electron chi connectivity index (χ4n) is 2.90. The van der Waals surface area contributed by atoms with Gasteiger partial charge in [-0.2, -0.15) is 0 Å². The lowest BCUT2D eigenvalue weighted by Crippen LogP contribution is -2.45. The Morgan fingerprint density at radius 3 is 2.83 bits per heavy atom. The minimum Gasteiger partial charge on any atom is -0.478 e. The highest BCUT2D eigenvalue weighted by molar-refractivity contribution is 6.45. The van der Waals surface area contributed by atoms with Gasteiger partial charge < -0.3 is 26.0 Å². The molecule has 0 saturated carbocycles. The molecule has 0 radical (unpaired) electrons. The molecule has 0 bridgehead atoms. The summed E-state index contributed by atoms with van der Waals surface area (Å²) in [6, 6.07) is 4.22. The van der Waals surface area contributed by atoms with E-state index in [1.807, 2.05) is 4.81 Å². The number of hydrogen-bond donors (Lipinski definition) is 4. The summed E-state index contributed by atoms with van der Waals surface area (Å²) >= 11 is 0. The van der Waals surface area contributed by atoms with Crippen LogP contribution >= 0.6 is 0 Å². The van der Waals surface area contributed by atoms with Gasteiger partial charge in [0.2, 0.25) is 0 Å². The van der Waals surface area contributed by atoms with Crippen LogP contribution in [0.5, 0.6) is 0 Å². The molecule has 1 unspecified atom stereocenters. The Morgan fingerprint density at radius 2 is 2.22 bits per heavy atom. The summed E-state index contributed by atoms with van der Waals surface area (Å²) in [7, 11) is -0.477. The Hall–Kier alpha value is -2.06. The van der Waals surface area contributed by atoms with E-state index in [1.165, 1.54) is 18.2 Å². The zero-order valence-corrected chi connectivity index (χ0v) is 13.2. The average molecular weight is 319 g/mol. The van der Waals surface area contributed by atoms with E-state index in [0.29, 0.717) is 18.2 Å². The van der Waals surface area contributed by atoms with Crippen molar-refractivity contribution >= 4 is 24.6 Å². The second-order valence-electron chi connectivity index (χ2n) is 5.95. The summed E-state index contributed by atoms with van der Waals surface area (Å²) in [5.41, 5.74) is 6.16. The number of anilines is 1. The molecule has 23 heavy (non-hydrogen) atoms. The van der Waals surface area contributed by atoms with Crippen LogP contribution in [0.2, 0.25) is 6.82 Å². The summed E-state index contributed by atoms with van der Waals surface area (Å²) in [5.74, 6) is -1.34. The molecule has 0 aromatic heterocycles. The third-order valence-electron chi connectivity index (χ3n) is 4.19. The van der Waals surface area contributed by atoms with E-state index < -0.39 is 18.9 Å². The maximum Gasteiger partial charge on any atom is 0.376 e. The van der Waals surface area contributed by atoms with Gasteiger partial charge in [-0.25, -0.2) is 4.79 Å². The summed E-state index contributed by atoms with van der Waals surface area (Å²) in [6.07, 6.45) is 2.01. The first-order chi connectivity index (χ1) is 10.9. The highest BCUT2D eigenvalue weighted by Gasteiger charge is 2.25. The minimum absolute atomic E-state index is 0.103. The van der Waals surface area contributed by atoms with Gasteiger partial charge in [0, 0.05) is 12.2 Å². The first-order valence-corrected chi connectivity index (χ1v) is 7.71. The van der Waals surface area contributed by atoms with Crippen LogP contribution in [0, 0.1) is 5.92 Å². The van der Waals surface area contributed by atoms with Crippen LogP contribution in [0.3, 0.4) is 0 Å². The third kappa shape index (κ3) is 4.46. The highest BCUT2D eigenvalue weighted by atomic mass is 16.4. The first-order valence-electron chi connectivity index (χ1n) is 7.71. The number of carbonyl (C=O) groups is 2. The summed E-state index contributed by atoms with van der Waals surface area (Å²) in [4.78, 5) is 24.6. The van der Waals surface area contributed by atoms with E-state index >= 15 is 0 Å². The number of nitrogens with one attached hydrogen (secondary N) is 1. The van der Waals surface area contributed by atoms with Crippen molar-refractivity contribution in [1.29, 1.82) is 0 Å². The van der Waals surface area contributed by atoms with E-state index in [4.69, 9.17) is 10.8 Å². The van der Waals surface area contributed by atoms with Gasteiger partial charge in [-0.3, -0.25) is 4.79 Å². The number of amides is 1. The largest absolute Gasteiger partial charge is 0.478 e. The zero-order valence-electron chi connectivity index (χ0n) is 13.2. The molecule has 7 nitrogen and oxygen atoms in total. The standard InChI is InChI=1S/C15H22BN3O4/c1-16(23)19-6-2-3-10(9-19)8-18-13-7-11(15(21)22)4-5-12(13)14(17)20/h4-5,7,10,18,23H,2-3,6,8-9H2,1H3,(H2,17,20)(H,21,22). The number of hydrogen-bond acceptors (Lipinski definition) is 5. The second-order valence-corrected chi connectivity index (χ2v) is 5.95. The van der Waals surface area contributed by atoms with Crippen molar-refractivity contribution in [3.8, 4) is 0 Å². The predicted molar refractivity (Wildman–Crippen MR) is 88.5 cm³/mol. The van der Waals surface area contributed by atoms with Crippen LogP contribution in [-0.4, -0.2) is 53.5 Å². The average Bonchev–Trinajstić information content (AvgIpc) is 2.52. The van der Waals surface area contributed by atoms with Crippen LogP contribution in [0.1, 0.15) is 33.6 Å². The molecule has 124 valence electrons. The van der Waals surface area contributed by atoms with Gasteiger partial charge >= 0.3 is 13.0 Å². The molecular weight excluding hydrogens is 297 g/mol. The number of aromatic carboxylic acids is 1. The van der Waals surface area contributed by atoms with Gasteiger partial charge in [0.05, 0.1) is 11.1 Å². The maximum absolute atomic E-state index is 11.5. The molecule has 1 atom stereocenters. The third-order valence-corrected chi connectivity index (χ3v) is 4.19. The lowest BCUT2D eigenvalue weighted by atomic mass is 9.80. The SMILES string of the molecule is CB(O)N1CCCC(CNc2cc(C(=O)O)ccc2C(N)=O)C1. The zero-order chi connectivity index (χ0) is 17.0. The molecule has 1 amide bonds. The van der Waals surface area contributed by atoms with Gasteiger partial charge in [0.1, 0.15) is 0 Å². The summed E-state index contributed by atoms with van der Waals surface area (Å²) < 4.78 is 0. The molecule has 1 aliphatic heterocycles. The minimum atomic E-state index is -1.05. The van der Waals surface area contributed by atoms with E-state index in [-0.39, 0.29) is 11.1 Å². The number of piperidine rings is 1. The Labute approximate surface area is 135 Å². The van der Waals surface area contributed by atoms with Crippen molar-refractivity contribution in [2.45, 2.75) is 19.7 Å². The number of primary amides is 1. The molecule has 0 aliphatic carbocycles. The fraction of sp³-hybridized carbons (Fsp3) is 0.467. The van der Waals surface area contributed by atoms with Crippen LogP contribution in [0.15, 0.2) is 18.2 Å². The predicted octanol–water partition coefficient (Wildman–Crippen LogP) is 0.718. The second kappa shape index (κ2) is 7.48. The van der Waals surface area contributed by atoms with E-state index in [9.17, 15) is 14.6 Å². The quantitative estimate of drug-likeness (QED) is 0.574. The van der Waals surface area contributed by atoms with E-state index in [0.717, 1.165) is 25.9 Å². The van der Waals surface area contributed by atoms with E-state index in [1.54, 1.807) is 6.82 Å². The molecule has 5 N–H and O–H groups in total. The van der Waals surface area contributed by atoms with Crippen molar-refractivity contribution in [3.63, 3.8) is 0 Å². The van der Waals surface area contributed by atoms with Crippen molar-refractivity contribution in [2.24, 2.45) is 11.7 Å². The number of rotatable bonds is 6. The number of nitrogens with zero attached hydrogens (tertiary/aromatic N) is 1. The lowest BCUT2D eigenvalue weighted by molar-refractivity contribution is 0.0696. The fourth-order valence-corrected chi connectivity index (χ4v) is 2.90. The Morgan fingerprint density at radius 1 is 1.48 bits per heavy atom. The normalized spacial score (nSPS) is 18.4. The molecule has 1 fully saturated rings. The molecule has 1 aromatic carbocycles. The van der Waals surface area contributed by atoms with Crippen molar-refractivity contribution < 1.29 is 19.7 Å². The Bertz CT molecular complexity index is 594. The van der Waals surface area contributed by atoms with Crippen LogP contribution in [0.4, 0.5) is 5.69 Å². The maximum atomic E-state index is 11.5. The number of carbonyl (C=O) groups excluding carboxylic acids is 1. The van der Waals surface area contributed by atoms with Gasteiger partial charge in [0.15, 0.2) is 0 Å². The van der Waals surface area contributed by atoms with Gasteiger partial charge in [0.25, 0.3) is 5.91 Å². The van der Waals surface area contributed by atoms with Crippen LogP contribution in [0.25, 0.3) is 0 Å². The molecule has 1 aromatic rings. The van der Waals surface area contributed by atoms with Gasteiger partial charge in [-0.15, -0.1) is 0 Å². The topological polar surface area (TPSA) is 116 Å². The molecule has 1 saturated heterocycles. The molecular formula is C15H22BN3O4. The van der Waals surface area contributed by atoms with Gasteiger partial charge in [-0.05, 0) is 56.9 Å². The molecule has 2 rings (SSSR count). The summed E-state index contributed by atoms with van der Waals surface area (Å²) in [6.45, 7) is 3.97. The first kappa shape index (κ1) is 17.3. The molecule has 1 aliphatic rings. The highest BCUT2D eigenvalue weighted by Crippen LogP contribution is 2.21. The Kier molecular flexibility index (Phi) is 5.62. The lowest BCUT2D eigenvalue weighted by Gasteiger charge is -2.33. The molecule has 8 heteroatoms. The molecule has 1 heterocycles. The van der Waals surface area contributed by atoms with E-state index in [2.05, 4.69) is 5.32 Å². The number of nitrogens with two attached hydrogens (primary N) is 1. The van der Waals surface area contributed by atoms with Crippen molar-refractivity contribution in [1.82, 2.24) is 4.81 Å². The number of carboxylic acid groups (broad SMARTS) is 1. The molecule has 0 spiro atoms. The monoisotopic (exact) mass is 319 g/mol. The van der Waals surface area contributed by atoms with Crippen molar-refractivity contribution in [3.05, 3.63) is 29.3 Å². The van der Waals surface area contributed by atoms with Crippen LogP contribution in [-0.2, 0) is 0 Å². The number of benzene rings is 1.